The monoisotopic (exact) mass is 298 g/mol. The summed E-state index contributed by atoms with van der Waals surface area (Å²) in [7, 11) is 1.92. The molecule has 0 saturated heterocycles. The van der Waals surface area contributed by atoms with Gasteiger partial charge in [-0.2, -0.15) is 5.10 Å². The molecule has 1 aliphatic carbocycles. The lowest BCUT2D eigenvalue weighted by Crippen LogP contribution is -2.24. The molecule has 0 aliphatic heterocycles. The number of rotatable bonds is 5. The molecule has 1 aliphatic rings. The maximum Gasteiger partial charge on any atom is 0.220 e. The summed E-state index contributed by atoms with van der Waals surface area (Å²) in [6.45, 7) is 0.491. The predicted octanol–water partition coefficient (Wildman–Crippen LogP) is 2.68. The van der Waals surface area contributed by atoms with Crippen LogP contribution in [0.25, 0.3) is 11.3 Å². The van der Waals surface area contributed by atoms with E-state index in [-0.39, 0.29) is 5.91 Å². The van der Waals surface area contributed by atoms with Crippen molar-refractivity contribution in [1.82, 2.24) is 20.1 Å². The van der Waals surface area contributed by atoms with Crippen LogP contribution in [0.2, 0.25) is 0 Å². The highest BCUT2D eigenvalue weighted by Crippen LogP contribution is 2.27. The Balaban J connectivity index is 1.58. The second-order valence-electron chi connectivity index (χ2n) is 6.01. The first-order chi connectivity index (χ1) is 10.7. The summed E-state index contributed by atoms with van der Waals surface area (Å²) in [4.78, 5) is 16.0. The normalized spacial score (nSPS) is 15.1. The van der Waals surface area contributed by atoms with Gasteiger partial charge in [0.25, 0.3) is 0 Å². The summed E-state index contributed by atoms with van der Waals surface area (Å²) < 4.78 is 1.84. The van der Waals surface area contributed by atoms with E-state index >= 15 is 0 Å². The van der Waals surface area contributed by atoms with Crippen molar-refractivity contribution in [2.75, 3.05) is 0 Å². The van der Waals surface area contributed by atoms with E-state index < -0.39 is 0 Å². The summed E-state index contributed by atoms with van der Waals surface area (Å²) in [6.07, 6.45) is 9.13. The van der Waals surface area contributed by atoms with Gasteiger partial charge in [0.2, 0.25) is 5.91 Å². The van der Waals surface area contributed by atoms with Crippen LogP contribution in [0.3, 0.4) is 0 Å². The summed E-state index contributed by atoms with van der Waals surface area (Å²) in [6, 6.07) is 5.93. The fraction of sp³-hybridized carbons (Fsp3) is 0.471. The van der Waals surface area contributed by atoms with Crippen molar-refractivity contribution in [3.8, 4) is 11.3 Å². The summed E-state index contributed by atoms with van der Waals surface area (Å²) in [5, 5.41) is 7.46. The number of carbonyl (C=O) groups excluding carboxylic acids is 1. The van der Waals surface area contributed by atoms with Crippen molar-refractivity contribution < 1.29 is 4.79 Å². The molecule has 0 radical (unpaired) electrons. The Morgan fingerprint density at radius 2 is 2.05 bits per heavy atom. The minimum Gasteiger partial charge on any atom is -0.350 e. The number of amides is 1. The van der Waals surface area contributed by atoms with E-state index in [1.807, 2.05) is 29.9 Å². The number of hydrogen-bond acceptors (Lipinski definition) is 3. The highest BCUT2D eigenvalue weighted by Gasteiger charge is 2.18. The number of aryl methyl sites for hydroxylation is 1. The average molecular weight is 298 g/mol. The van der Waals surface area contributed by atoms with Gasteiger partial charge in [0.1, 0.15) is 0 Å². The van der Waals surface area contributed by atoms with Crippen molar-refractivity contribution in [1.29, 1.82) is 0 Å². The number of nitrogens with one attached hydrogen (secondary N) is 1. The minimum atomic E-state index is 0.142. The fourth-order valence-corrected chi connectivity index (χ4v) is 3.14. The van der Waals surface area contributed by atoms with Gasteiger partial charge >= 0.3 is 0 Å². The van der Waals surface area contributed by atoms with Crippen molar-refractivity contribution >= 4 is 5.91 Å². The second-order valence-corrected chi connectivity index (χ2v) is 6.01. The lowest BCUT2D eigenvalue weighted by atomic mass is 10.0. The predicted molar refractivity (Wildman–Crippen MR) is 84.9 cm³/mol. The van der Waals surface area contributed by atoms with Gasteiger partial charge in [-0.15, -0.1) is 0 Å². The van der Waals surface area contributed by atoms with Crippen LogP contribution >= 0.6 is 0 Å². The standard InChI is InChI=1S/C17H22N4O/c1-21-16(14-6-8-18-9-7-14)11-15(20-21)12-19-17(22)10-13-4-2-3-5-13/h6-9,11,13H,2-5,10,12H2,1H3,(H,19,22). The van der Waals surface area contributed by atoms with Gasteiger partial charge in [-0.05, 0) is 37.0 Å². The molecule has 1 fully saturated rings. The molecule has 0 aromatic carbocycles. The van der Waals surface area contributed by atoms with Gasteiger partial charge in [-0.25, -0.2) is 0 Å². The van der Waals surface area contributed by atoms with Crippen LogP contribution in [-0.4, -0.2) is 20.7 Å². The van der Waals surface area contributed by atoms with Crippen LogP contribution in [0.4, 0.5) is 0 Å². The van der Waals surface area contributed by atoms with Crippen LogP contribution in [0.1, 0.15) is 37.8 Å². The van der Waals surface area contributed by atoms with E-state index in [4.69, 9.17) is 0 Å². The zero-order valence-corrected chi connectivity index (χ0v) is 13.0. The summed E-state index contributed by atoms with van der Waals surface area (Å²) in [5.41, 5.74) is 2.99. The minimum absolute atomic E-state index is 0.142. The molecule has 2 heterocycles. The summed E-state index contributed by atoms with van der Waals surface area (Å²) in [5.74, 6) is 0.721. The lowest BCUT2D eigenvalue weighted by molar-refractivity contribution is -0.122. The maximum atomic E-state index is 12.0. The third-order valence-electron chi connectivity index (χ3n) is 4.32. The van der Waals surface area contributed by atoms with Crippen molar-refractivity contribution in [3.63, 3.8) is 0 Å². The Bertz CT molecular complexity index is 629. The molecule has 0 atom stereocenters. The first-order valence-electron chi connectivity index (χ1n) is 7.92. The van der Waals surface area contributed by atoms with Gasteiger partial charge in [-0.1, -0.05) is 12.8 Å². The zero-order chi connectivity index (χ0) is 15.4. The molecular weight excluding hydrogens is 276 g/mol. The molecule has 0 spiro atoms. The highest BCUT2D eigenvalue weighted by molar-refractivity contribution is 5.76. The molecule has 116 valence electrons. The molecule has 0 bridgehead atoms. The first-order valence-corrected chi connectivity index (χ1v) is 7.92. The second kappa shape index (κ2) is 6.73. The van der Waals surface area contributed by atoms with Gasteiger partial charge in [0.05, 0.1) is 17.9 Å². The van der Waals surface area contributed by atoms with Crippen LogP contribution in [0, 0.1) is 5.92 Å². The highest BCUT2D eigenvalue weighted by atomic mass is 16.1. The van der Waals surface area contributed by atoms with E-state index in [1.54, 1.807) is 12.4 Å². The molecule has 5 heteroatoms. The zero-order valence-electron chi connectivity index (χ0n) is 13.0. The van der Waals surface area contributed by atoms with E-state index in [2.05, 4.69) is 15.4 Å². The third kappa shape index (κ3) is 3.53. The smallest absolute Gasteiger partial charge is 0.220 e. The topological polar surface area (TPSA) is 59.8 Å². The Morgan fingerprint density at radius 3 is 2.77 bits per heavy atom. The summed E-state index contributed by atoms with van der Waals surface area (Å²) >= 11 is 0. The van der Waals surface area contributed by atoms with E-state index in [0.29, 0.717) is 18.9 Å². The number of carbonyl (C=O) groups is 1. The quantitative estimate of drug-likeness (QED) is 0.923. The molecule has 1 saturated carbocycles. The van der Waals surface area contributed by atoms with Gasteiger partial charge < -0.3 is 5.32 Å². The molecule has 22 heavy (non-hydrogen) atoms. The Morgan fingerprint density at radius 1 is 1.32 bits per heavy atom. The number of aromatic nitrogens is 3. The molecule has 0 unspecified atom stereocenters. The third-order valence-corrected chi connectivity index (χ3v) is 4.32. The van der Waals surface area contributed by atoms with Crippen LogP contribution in [-0.2, 0) is 18.4 Å². The van der Waals surface area contributed by atoms with Crippen LogP contribution < -0.4 is 5.32 Å². The van der Waals surface area contributed by atoms with E-state index in [9.17, 15) is 4.79 Å². The fourth-order valence-electron chi connectivity index (χ4n) is 3.14. The average Bonchev–Trinajstić information content (AvgIpc) is 3.16. The molecule has 1 N–H and O–H groups in total. The SMILES string of the molecule is Cn1nc(CNC(=O)CC2CCCC2)cc1-c1ccncc1. The Hall–Kier alpha value is -2.17. The number of pyridine rings is 1. The van der Waals surface area contributed by atoms with Crippen LogP contribution in [0.15, 0.2) is 30.6 Å². The van der Waals surface area contributed by atoms with E-state index in [0.717, 1.165) is 17.0 Å². The van der Waals surface area contributed by atoms with Gasteiger partial charge in [0.15, 0.2) is 0 Å². The van der Waals surface area contributed by atoms with Gasteiger partial charge in [0, 0.05) is 31.4 Å². The van der Waals surface area contributed by atoms with Gasteiger partial charge in [-0.3, -0.25) is 14.5 Å². The van der Waals surface area contributed by atoms with Crippen molar-refractivity contribution in [2.24, 2.45) is 13.0 Å². The molecule has 2 aromatic rings. The molecular formula is C17H22N4O. The van der Waals surface area contributed by atoms with Crippen LogP contribution in [0.5, 0.6) is 0 Å². The van der Waals surface area contributed by atoms with Crippen molar-refractivity contribution in [2.45, 2.75) is 38.6 Å². The molecule has 2 aromatic heterocycles. The van der Waals surface area contributed by atoms with E-state index in [1.165, 1.54) is 25.7 Å². The Labute approximate surface area is 130 Å². The Kier molecular flexibility index (Phi) is 4.51. The number of hydrogen-bond donors (Lipinski definition) is 1. The molecule has 5 nitrogen and oxygen atoms in total. The maximum absolute atomic E-state index is 12.0. The first kappa shape index (κ1) is 14.8. The lowest BCUT2D eigenvalue weighted by Gasteiger charge is -2.08. The van der Waals surface area contributed by atoms with Crippen molar-refractivity contribution in [3.05, 3.63) is 36.3 Å². The largest absolute Gasteiger partial charge is 0.350 e. The molecule has 3 rings (SSSR count). The molecule has 1 amide bonds. The number of nitrogens with zero attached hydrogens (tertiary/aromatic N) is 3.